The maximum absolute atomic E-state index is 13.0. The Labute approximate surface area is 185 Å². The highest BCUT2D eigenvalue weighted by atomic mass is 35.5. The van der Waals surface area contributed by atoms with Gasteiger partial charge in [0.1, 0.15) is 16.4 Å². The highest BCUT2D eigenvalue weighted by molar-refractivity contribution is 7.92. The Balaban J connectivity index is 1.96. The van der Waals surface area contributed by atoms with Crippen molar-refractivity contribution < 1.29 is 17.9 Å². The Morgan fingerprint density at radius 3 is 2.33 bits per heavy atom. The number of aromatic nitrogens is 2. The summed E-state index contributed by atoms with van der Waals surface area (Å²) < 4.78 is 40.7. The van der Waals surface area contributed by atoms with Gasteiger partial charge in [0.05, 0.1) is 37.8 Å². The van der Waals surface area contributed by atoms with Crippen LogP contribution in [0.25, 0.3) is 0 Å². The third-order valence-corrected chi connectivity index (χ3v) is 6.75. The van der Waals surface area contributed by atoms with Gasteiger partial charge in [-0.15, -0.1) is 0 Å². The molecule has 1 N–H and O–H groups in total. The molecule has 0 unspecified atom stereocenters. The zero-order valence-electron chi connectivity index (χ0n) is 16.9. The van der Waals surface area contributed by atoms with Crippen molar-refractivity contribution in [2.75, 3.05) is 18.9 Å². The summed E-state index contributed by atoms with van der Waals surface area (Å²) in [4.78, 5) is -0.00787. The van der Waals surface area contributed by atoms with Crippen LogP contribution in [0.2, 0.25) is 10.0 Å². The number of benzene rings is 2. The normalized spacial score (nSPS) is 11.4. The summed E-state index contributed by atoms with van der Waals surface area (Å²) in [6.45, 7) is 3.80. The number of nitrogens with zero attached hydrogens (tertiary/aromatic N) is 2. The Kier molecular flexibility index (Phi) is 6.50. The van der Waals surface area contributed by atoms with Gasteiger partial charge in [-0.05, 0) is 38.1 Å². The molecule has 0 saturated carbocycles. The lowest BCUT2D eigenvalue weighted by atomic mass is 10.2. The predicted molar refractivity (Wildman–Crippen MR) is 118 cm³/mol. The fraction of sp³-hybridized carbons (Fsp3) is 0.250. The average Bonchev–Trinajstić information content (AvgIpc) is 2.97. The van der Waals surface area contributed by atoms with Gasteiger partial charge in [0, 0.05) is 21.7 Å². The first-order valence-corrected chi connectivity index (χ1v) is 11.1. The minimum Gasteiger partial charge on any atom is -0.497 e. The SMILES string of the molecule is COc1ccc(S(=O)(=O)Nc2c(C)nn(Cc3c(Cl)cccc3Cl)c2C)c(OC)c1. The molecular formula is C20H21Cl2N3O4S. The highest BCUT2D eigenvalue weighted by Crippen LogP contribution is 2.32. The number of rotatable bonds is 7. The van der Waals surface area contributed by atoms with Crippen molar-refractivity contribution in [3.8, 4) is 11.5 Å². The monoisotopic (exact) mass is 469 g/mol. The van der Waals surface area contributed by atoms with Gasteiger partial charge in [-0.1, -0.05) is 29.3 Å². The van der Waals surface area contributed by atoms with E-state index in [0.29, 0.717) is 45.0 Å². The van der Waals surface area contributed by atoms with Gasteiger partial charge >= 0.3 is 0 Å². The molecule has 0 radical (unpaired) electrons. The van der Waals surface area contributed by atoms with Gasteiger partial charge in [0.15, 0.2) is 0 Å². The van der Waals surface area contributed by atoms with Crippen LogP contribution in [0.3, 0.4) is 0 Å². The molecule has 30 heavy (non-hydrogen) atoms. The number of sulfonamides is 1. The number of ether oxygens (including phenoxy) is 2. The number of halogens is 2. The van der Waals surface area contributed by atoms with E-state index >= 15 is 0 Å². The van der Waals surface area contributed by atoms with Crippen LogP contribution in [0, 0.1) is 13.8 Å². The summed E-state index contributed by atoms with van der Waals surface area (Å²) >= 11 is 12.5. The second kappa shape index (κ2) is 8.75. The van der Waals surface area contributed by atoms with Gasteiger partial charge in [-0.25, -0.2) is 8.42 Å². The first-order valence-electron chi connectivity index (χ1n) is 8.89. The van der Waals surface area contributed by atoms with Crippen LogP contribution >= 0.6 is 23.2 Å². The van der Waals surface area contributed by atoms with Crippen molar-refractivity contribution in [2.45, 2.75) is 25.3 Å². The summed E-state index contributed by atoms with van der Waals surface area (Å²) in [6, 6.07) is 9.74. The molecule has 0 spiro atoms. The molecule has 0 aliphatic heterocycles. The van der Waals surface area contributed by atoms with E-state index in [-0.39, 0.29) is 10.6 Å². The first kappa shape index (κ1) is 22.3. The largest absolute Gasteiger partial charge is 0.497 e. The fourth-order valence-corrected chi connectivity index (χ4v) is 4.86. The summed E-state index contributed by atoms with van der Waals surface area (Å²) in [7, 11) is -1.05. The minimum absolute atomic E-state index is 0.00787. The lowest BCUT2D eigenvalue weighted by molar-refractivity contribution is 0.386. The molecule has 3 aromatic rings. The van der Waals surface area contributed by atoms with E-state index in [1.807, 2.05) is 0 Å². The predicted octanol–water partition coefficient (Wildman–Crippen LogP) is 4.67. The molecule has 0 fully saturated rings. The molecule has 0 aliphatic rings. The smallest absolute Gasteiger partial charge is 0.265 e. The van der Waals surface area contributed by atoms with Crippen LogP contribution in [0.1, 0.15) is 17.0 Å². The Morgan fingerprint density at radius 2 is 1.73 bits per heavy atom. The van der Waals surface area contributed by atoms with Crippen LogP contribution in [-0.4, -0.2) is 32.4 Å². The maximum atomic E-state index is 13.0. The van der Waals surface area contributed by atoms with Gasteiger partial charge in [0.25, 0.3) is 10.0 Å². The van der Waals surface area contributed by atoms with Crippen LogP contribution in [0.15, 0.2) is 41.3 Å². The fourth-order valence-electron chi connectivity index (χ4n) is 3.02. The van der Waals surface area contributed by atoms with E-state index in [0.717, 1.165) is 0 Å². The third-order valence-electron chi connectivity index (χ3n) is 4.65. The Hall–Kier alpha value is -2.42. The minimum atomic E-state index is -3.94. The van der Waals surface area contributed by atoms with Crippen LogP contribution < -0.4 is 14.2 Å². The molecule has 10 heteroatoms. The summed E-state index contributed by atoms with van der Waals surface area (Å²) in [5, 5.41) is 5.48. The second-order valence-corrected chi connectivity index (χ2v) is 8.99. The Bertz CT molecular complexity index is 1170. The lowest BCUT2D eigenvalue weighted by Gasteiger charge is -2.13. The molecule has 0 bridgehead atoms. The van der Waals surface area contributed by atoms with E-state index in [2.05, 4.69) is 9.82 Å². The van der Waals surface area contributed by atoms with E-state index in [1.54, 1.807) is 42.8 Å². The van der Waals surface area contributed by atoms with Crippen molar-refractivity contribution in [3.05, 3.63) is 63.4 Å². The van der Waals surface area contributed by atoms with Gasteiger partial charge in [-0.3, -0.25) is 9.40 Å². The molecule has 160 valence electrons. The summed E-state index contributed by atoms with van der Waals surface area (Å²) in [6.07, 6.45) is 0. The van der Waals surface area contributed by atoms with Crippen LogP contribution in [0.5, 0.6) is 11.5 Å². The van der Waals surface area contributed by atoms with E-state index in [1.165, 1.54) is 26.4 Å². The third kappa shape index (κ3) is 4.35. The standard InChI is InChI=1S/C20H21Cl2N3O4S/c1-12-20(13(2)25(23-12)11-15-16(21)6-5-7-17(15)22)24-30(26,27)19-9-8-14(28-3)10-18(19)29-4/h5-10,24H,11H2,1-4H3. The lowest BCUT2D eigenvalue weighted by Crippen LogP contribution is -2.15. The number of aryl methyl sites for hydroxylation is 1. The average molecular weight is 470 g/mol. The van der Waals surface area contributed by atoms with Gasteiger partial charge < -0.3 is 9.47 Å². The second-order valence-electron chi connectivity index (χ2n) is 6.53. The van der Waals surface area contributed by atoms with Crippen molar-refractivity contribution in [1.82, 2.24) is 9.78 Å². The van der Waals surface area contributed by atoms with Crippen LogP contribution in [-0.2, 0) is 16.6 Å². The first-order chi connectivity index (χ1) is 14.2. The molecule has 2 aromatic carbocycles. The number of nitrogens with one attached hydrogen (secondary N) is 1. The van der Waals surface area contributed by atoms with Crippen molar-refractivity contribution >= 4 is 38.9 Å². The zero-order valence-corrected chi connectivity index (χ0v) is 19.2. The molecule has 0 aliphatic carbocycles. The van der Waals surface area contributed by atoms with Crippen molar-refractivity contribution in [3.63, 3.8) is 0 Å². The molecule has 0 saturated heterocycles. The summed E-state index contributed by atoms with van der Waals surface area (Å²) in [5.74, 6) is 0.662. The Morgan fingerprint density at radius 1 is 1.07 bits per heavy atom. The number of methoxy groups -OCH3 is 2. The number of hydrogen-bond donors (Lipinski definition) is 1. The van der Waals surface area contributed by atoms with E-state index in [9.17, 15) is 8.42 Å². The topological polar surface area (TPSA) is 82.5 Å². The number of hydrogen-bond acceptors (Lipinski definition) is 5. The molecule has 0 amide bonds. The highest BCUT2D eigenvalue weighted by Gasteiger charge is 2.24. The van der Waals surface area contributed by atoms with Gasteiger partial charge in [0.2, 0.25) is 0 Å². The van der Waals surface area contributed by atoms with Crippen LogP contribution in [0.4, 0.5) is 5.69 Å². The quantitative estimate of drug-likeness (QED) is 0.543. The molecule has 1 heterocycles. The van der Waals surface area contributed by atoms with Gasteiger partial charge in [-0.2, -0.15) is 5.10 Å². The number of anilines is 1. The van der Waals surface area contributed by atoms with E-state index < -0.39 is 10.0 Å². The summed E-state index contributed by atoms with van der Waals surface area (Å²) in [5.41, 5.74) is 2.24. The molecule has 7 nitrogen and oxygen atoms in total. The zero-order chi connectivity index (χ0) is 22.1. The van der Waals surface area contributed by atoms with E-state index in [4.69, 9.17) is 32.7 Å². The maximum Gasteiger partial charge on any atom is 0.265 e. The van der Waals surface area contributed by atoms with Crippen molar-refractivity contribution in [1.29, 1.82) is 0 Å². The molecule has 1 aromatic heterocycles. The molecule has 0 atom stereocenters. The molecular weight excluding hydrogens is 449 g/mol. The molecule has 3 rings (SSSR count). The van der Waals surface area contributed by atoms with Crippen molar-refractivity contribution in [2.24, 2.45) is 0 Å².